The third-order valence-electron chi connectivity index (χ3n) is 3.14. The van der Waals surface area contributed by atoms with Crippen molar-refractivity contribution in [1.29, 1.82) is 0 Å². The molecule has 7 nitrogen and oxygen atoms in total. The van der Waals surface area contributed by atoms with Gasteiger partial charge in [0.25, 0.3) is 0 Å². The maximum absolute atomic E-state index is 11.7. The largest absolute Gasteiger partial charge is 0.458 e. The van der Waals surface area contributed by atoms with E-state index in [4.69, 9.17) is 19.3 Å². The summed E-state index contributed by atoms with van der Waals surface area (Å²) in [6.07, 6.45) is -3.89. The number of rotatable bonds is 5. The quantitative estimate of drug-likeness (QED) is 0.700. The van der Waals surface area contributed by atoms with Crippen LogP contribution in [0.1, 0.15) is 34.1 Å². The number of aliphatic hydroxyl groups excluding tert-OH is 2. The summed E-state index contributed by atoms with van der Waals surface area (Å²) in [5.41, 5.74) is 0. The molecule has 0 amide bonds. The van der Waals surface area contributed by atoms with Gasteiger partial charge in [-0.1, -0.05) is 27.7 Å². The van der Waals surface area contributed by atoms with Gasteiger partial charge < -0.3 is 24.4 Å². The topological polar surface area (TPSA) is 102 Å². The van der Waals surface area contributed by atoms with Crippen molar-refractivity contribution in [2.45, 2.75) is 58.7 Å². The van der Waals surface area contributed by atoms with Gasteiger partial charge in [-0.25, -0.2) is 0 Å². The minimum Gasteiger partial charge on any atom is -0.458 e. The normalized spacial score (nSPS) is 29.5. The lowest BCUT2D eigenvalue weighted by molar-refractivity contribution is -0.265. The Morgan fingerprint density at radius 2 is 1.67 bits per heavy atom. The average molecular weight is 304 g/mol. The predicted octanol–water partition coefficient (Wildman–Crippen LogP) is 0.222. The van der Waals surface area contributed by atoms with Crippen LogP contribution in [0, 0.1) is 11.8 Å². The molecule has 2 N–H and O–H groups in total. The fraction of sp³-hybridized carbons (Fsp3) is 0.857. The predicted molar refractivity (Wildman–Crippen MR) is 72.0 cm³/mol. The van der Waals surface area contributed by atoms with E-state index in [2.05, 4.69) is 0 Å². The van der Waals surface area contributed by atoms with Crippen LogP contribution in [0.4, 0.5) is 0 Å². The first kappa shape index (κ1) is 17.9. The van der Waals surface area contributed by atoms with Crippen molar-refractivity contribution in [3.8, 4) is 0 Å². The Morgan fingerprint density at radius 1 is 1.14 bits per heavy atom. The number of aliphatic hydroxyl groups is 2. The van der Waals surface area contributed by atoms with Crippen LogP contribution in [0.5, 0.6) is 0 Å². The molecule has 0 saturated carbocycles. The molecule has 1 saturated heterocycles. The molecule has 4 atom stereocenters. The Morgan fingerprint density at radius 3 is 2.14 bits per heavy atom. The average Bonchev–Trinajstić information content (AvgIpc) is 2.41. The standard InChI is InChI=1S/C14H24O7/c1-7(2)12(16)20-10-5-9(6-15)19-14(18)11(10)21-13(17)8(3)4/h7-11,14-15,18H,5-6H2,1-4H3/t9-,10+,11-,14-/m0/s1. The maximum Gasteiger partial charge on any atom is 0.308 e. The van der Waals surface area contributed by atoms with Crippen molar-refractivity contribution in [3.05, 3.63) is 0 Å². The molecular formula is C14H24O7. The molecule has 0 aromatic heterocycles. The molecule has 0 aliphatic carbocycles. The molecule has 0 aromatic rings. The molecule has 7 heteroatoms. The Kier molecular flexibility index (Phi) is 6.57. The number of carbonyl (C=O) groups excluding carboxylic acids is 2. The zero-order chi connectivity index (χ0) is 16.2. The Hall–Kier alpha value is -1.18. The van der Waals surface area contributed by atoms with E-state index < -0.39 is 36.5 Å². The van der Waals surface area contributed by atoms with Crippen molar-refractivity contribution in [1.82, 2.24) is 0 Å². The summed E-state index contributed by atoms with van der Waals surface area (Å²) in [7, 11) is 0. The van der Waals surface area contributed by atoms with E-state index in [0.717, 1.165) is 0 Å². The van der Waals surface area contributed by atoms with E-state index in [1.165, 1.54) is 0 Å². The zero-order valence-electron chi connectivity index (χ0n) is 12.8. The third kappa shape index (κ3) is 4.94. The van der Waals surface area contributed by atoms with Crippen molar-refractivity contribution < 1.29 is 34.0 Å². The zero-order valence-corrected chi connectivity index (χ0v) is 12.8. The number of ether oxygens (including phenoxy) is 3. The highest BCUT2D eigenvalue weighted by molar-refractivity contribution is 5.72. The van der Waals surface area contributed by atoms with Crippen molar-refractivity contribution >= 4 is 11.9 Å². The summed E-state index contributed by atoms with van der Waals surface area (Å²) in [5, 5.41) is 19.1. The number of carbonyl (C=O) groups is 2. The lowest BCUT2D eigenvalue weighted by atomic mass is 10.0. The van der Waals surface area contributed by atoms with Crippen LogP contribution in [0.2, 0.25) is 0 Å². The number of esters is 2. The van der Waals surface area contributed by atoms with Gasteiger partial charge in [-0.3, -0.25) is 9.59 Å². The monoisotopic (exact) mass is 304 g/mol. The maximum atomic E-state index is 11.7. The van der Waals surface area contributed by atoms with Crippen LogP contribution >= 0.6 is 0 Å². The van der Waals surface area contributed by atoms with E-state index in [1.54, 1.807) is 27.7 Å². The molecule has 1 rings (SSSR count). The first-order valence-electron chi connectivity index (χ1n) is 7.11. The summed E-state index contributed by atoms with van der Waals surface area (Å²) in [6, 6.07) is 0. The lowest BCUT2D eigenvalue weighted by Crippen LogP contribution is -2.53. The summed E-state index contributed by atoms with van der Waals surface area (Å²) in [6.45, 7) is 6.35. The highest BCUT2D eigenvalue weighted by Crippen LogP contribution is 2.25. The summed E-state index contributed by atoms with van der Waals surface area (Å²) < 4.78 is 15.6. The van der Waals surface area contributed by atoms with Crippen LogP contribution in [-0.2, 0) is 23.8 Å². The van der Waals surface area contributed by atoms with Crippen LogP contribution in [-0.4, -0.2) is 53.4 Å². The summed E-state index contributed by atoms with van der Waals surface area (Å²) in [4.78, 5) is 23.4. The first-order chi connectivity index (χ1) is 9.76. The molecular weight excluding hydrogens is 280 g/mol. The van der Waals surface area contributed by atoms with Gasteiger partial charge in [0.1, 0.15) is 6.10 Å². The Balaban J connectivity index is 2.82. The second kappa shape index (κ2) is 7.72. The Bertz CT molecular complexity index is 366. The van der Waals surface area contributed by atoms with Crippen LogP contribution in [0.25, 0.3) is 0 Å². The third-order valence-corrected chi connectivity index (χ3v) is 3.14. The first-order valence-corrected chi connectivity index (χ1v) is 7.11. The number of hydrogen-bond acceptors (Lipinski definition) is 7. The molecule has 0 bridgehead atoms. The van der Waals surface area contributed by atoms with Gasteiger partial charge in [0.2, 0.25) is 0 Å². The Labute approximate surface area is 124 Å². The highest BCUT2D eigenvalue weighted by Gasteiger charge is 2.43. The molecule has 1 aliphatic heterocycles. The van der Waals surface area contributed by atoms with Gasteiger partial charge >= 0.3 is 11.9 Å². The van der Waals surface area contributed by atoms with Gasteiger partial charge in [-0.05, 0) is 0 Å². The van der Waals surface area contributed by atoms with Crippen molar-refractivity contribution in [3.63, 3.8) is 0 Å². The van der Waals surface area contributed by atoms with Crippen molar-refractivity contribution in [2.75, 3.05) is 6.61 Å². The van der Waals surface area contributed by atoms with Gasteiger partial charge in [0, 0.05) is 6.42 Å². The lowest BCUT2D eigenvalue weighted by Gasteiger charge is -2.38. The van der Waals surface area contributed by atoms with Gasteiger partial charge in [-0.2, -0.15) is 0 Å². The van der Waals surface area contributed by atoms with E-state index in [9.17, 15) is 14.7 Å². The van der Waals surface area contributed by atoms with E-state index in [-0.39, 0.29) is 24.9 Å². The minimum atomic E-state index is -1.44. The van der Waals surface area contributed by atoms with E-state index in [1.807, 2.05) is 0 Å². The highest BCUT2D eigenvalue weighted by atomic mass is 16.7. The van der Waals surface area contributed by atoms with Gasteiger partial charge in [-0.15, -0.1) is 0 Å². The SMILES string of the molecule is CC(C)C(=O)O[C@@H]1[C@@H](O)O[C@H](CO)C[C@H]1OC(=O)C(C)C. The van der Waals surface area contributed by atoms with Crippen LogP contribution in [0.15, 0.2) is 0 Å². The molecule has 0 aromatic carbocycles. The second-order valence-corrected chi connectivity index (χ2v) is 5.75. The molecule has 21 heavy (non-hydrogen) atoms. The molecule has 0 radical (unpaired) electrons. The fourth-order valence-electron chi connectivity index (χ4n) is 1.83. The molecule has 1 aliphatic rings. The second-order valence-electron chi connectivity index (χ2n) is 5.75. The molecule has 0 unspecified atom stereocenters. The van der Waals surface area contributed by atoms with Crippen LogP contribution in [0.3, 0.4) is 0 Å². The van der Waals surface area contributed by atoms with Gasteiger partial charge in [0.05, 0.1) is 24.5 Å². The fourth-order valence-corrected chi connectivity index (χ4v) is 1.83. The summed E-state index contributed by atoms with van der Waals surface area (Å²) in [5.74, 6) is -1.71. The smallest absolute Gasteiger partial charge is 0.308 e. The number of hydrogen-bond donors (Lipinski definition) is 2. The molecule has 0 spiro atoms. The van der Waals surface area contributed by atoms with Gasteiger partial charge in [0.15, 0.2) is 12.4 Å². The summed E-state index contributed by atoms with van der Waals surface area (Å²) >= 11 is 0. The van der Waals surface area contributed by atoms with E-state index in [0.29, 0.717) is 0 Å². The van der Waals surface area contributed by atoms with Crippen LogP contribution < -0.4 is 0 Å². The molecule has 122 valence electrons. The van der Waals surface area contributed by atoms with Crippen molar-refractivity contribution in [2.24, 2.45) is 11.8 Å². The molecule has 1 fully saturated rings. The van der Waals surface area contributed by atoms with E-state index >= 15 is 0 Å². The molecule has 1 heterocycles. The minimum absolute atomic E-state index is 0.155.